The third-order valence-electron chi connectivity index (χ3n) is 4.47. The highest BCUT2D eigenvalue weighted by atomic mass is 35.5. The first kappa shape index (κ1) is 21.8. The first-order valence-corrected chi connectivity index (χ1v) is 10.9. The molecule has 0 radical (unpaired) electrons. The van der Waals surface area contributed by atoms with Crippen LogP contribution >= 0.6 is 11.6 Å². The van der Waals surface area contributed by atoms with Gasteiger partial charge in [0.15, 0.2) is 0 Å². The molecular weight excluding hydrogens is 427 g/mol. The van der Waals surface area contributed by atoms with Crippen LogP contribution < -0.4 is 9.62 Å². The van der Waals surface area contributed by atoms with E-state index >= 15 is 0 Å². The maximum absolute atomic E-state index is 13.3. The summed E-state index contributed by atoms with van der Waals surface area (Å²) in [6.07, 6.45) is 0. The van der Waals surface area contributed by atoms with Gasteiger partial charge >= 0.3 is 0 Å². The molecule has 5 nitrogen and oxygen atoms in total. The molecule has 3 rings (SSSR count). The van der Waals surface area contributed by atoms with Gasteiger partial charge in [-0.2, -0.15) is 0 Å². The lowest BCUT2D eigenvalue weighted by molar-refractivity contribution is -0.114. The van der Waals surface area contributed by atoms with Crippen LogP contribution in [-0.2, 0) is 14.8 Å². The maximum Gasteiger partial charge on any atom is 0.264 e. The molecular formula is C22H20ClFN2O3S. The van der Waals surface area contributed by atoms with Crippen molar-refractivity contribution in [2.45, 2.75) is 18.7 Å². The predicted molar refractivity (Wildman–Crippen MR) is 117 cm³/mol. The number of anilines is 2. The molecule has 1 N–H and O–H groups in total. The highest BCUT2D eigenvalue weighted by molar-refractivity contribution is 7.92. The summed E-state index contributed by atoms with van der Waals surface area (Å²) in [5.74, 6) is -1.07. The number of carbonyl (C=O) groups excluding carboxylic acids is 1. The molecule has 0 heterocycles. The SMILES string of the molecule is Cc1ccc(N(CC(=O)Nc2ccc(Cl)cc2C)S(=O)(=O)c2ccc(F)cc2)cc1. The van der Waals surface area contributed by atoms with Crippen molar-refractivity contribution in [3.05, 3.63) is 88.7 Å². The lowest BCUT2D eigenvalue weighted by Gasteiger charge is -2.24. The minimum absolute atomic E-state index is 0.111. The van der Waals surface area contributed by atoms with Crippen LogP contribution in [0.25, 0.3) is 0 Å². The molecule has 0 aliphatic heterocycles. The lowest BCUT2D eigenvalue weighted by atomic mass is 10.2. The van der Waals surface area contributed by atoms with E-state index in [4.69, 9.17) is 11.6 Å². The first-order valence-electron chi connectivity index (χ1n) is 9.08. The van der Waals surface area contributed by atoms with Crippen molar-refractivity contribution >= 4 is 38.9 Å². The Labute approximate surface area is 180 Å². The Morgan fingerprint density at radius 1 is 1.00 bits per heavy atom. The second-order valence-electron chi connectivity index (χ2n) is 6.81. The summed E-state index contributed by atoms with van der Waals surface area (Å²) in [5.41, 5.74) is 2.55. The molecule has 0 saturated carbocycles. The van der Waals surface area contributed by atoms with Crippen LogP contribution in [0, 0.1) is 19.7 Å². The van der Waals surface area contributed by atoms with Gasteiger partial charge in [0.05, 0.1) is 10.6 Å². The van der Waals surface area contributed by atoms with Crippen molar-refractivity contribution in [1.29, 1.82) is 0 Å². The van der Waals surface area contributed by atoms with E-state index in [0.29, 0.717) is 16.4 Å². The Morgan fingerprint density at radius 3 is 2.23 bits per heavy atom. The molecule has 156 valence electrons. The summed E-state index contributed by atoms with van der Waals surface area (Å²) < 4.78 is 40.7. The van der Waals surface area contributed by atoms with E-state index in [2.05, 4.69) is 5.32 Å². The van der Waals surface area contributed by atoms with Crippen LogP contribution in [0.15, 0.2) is 71.6 Å². The molecule has 8 heteroatoms. The monoisotopic (exact) mass is 446 g/mol. The molecule has 1 amide bonds. The third-order valence-corrected chi connectivity index (χ3v) is 6.50. The van der Waals surface area contributed by atoms with Crippen LogP contribution in [-0.4, -0.2) is 20.9 Å². The summed E-state index contributed by atoms with van der Waals surface area (Å²) in [5, 5.41) is 3.25. The third kappa shape index (κ3) is 4.98. The van der Waals surface area contributed by atoms with E-state index in [1.807, 2.05) is 6.92 Å². The van der Waals surface area contributed by atoms with Gasteiger partial charge in [-0.15, -0.1) is 0 Å². The zero-order chi connectivity index (χ0) is 21.9. The number of rotatable bonds is 6. The van der Waals surface area contributed by atoms with Gasteiger partial charge in [-0.25, -0.2) is 12.8 Å². The summed E-state index contributed by atoms with van der Waals surface area (Å²) in [4.78, 5) is 12.6. The van der Waals surface area contributed by atoms with Crippen LogP contribution in [0.4, 0.5) is 15.8 Å². The molecule has 0 spiro atoms. The quantitative estimate of drug-likeness (QED) is 0.583. The van der Waals surface area contributed by atoms with E-state index in [1.165, 1.54) is 12.1 Å². The zero-order valence-electron chi connectivity index (χ0n) is 16.4. The van der Waals surface area contributed by atoms with Crippen molar-refractivity contribution in [2.75, 3.05) is 16.2 Å². The molecule has 0 aromatic heterocycles. The van der Waals surface area contributed by atoms with Gasteiger partial charge in [0.2, 0.25) is 5.91 Å². The Hall–Kier alpha value is -2.90. The van der Waals surface area contributed by atoms with E-state index < -0.39 is 28.3 Å². The highest BCUT2D eigenvalue weighted by Crippen LogP contribution is 2.25. The van der Waals surface area contributed by atoms with Crippen LogP contribution in [0.2, 0.25) is 5.02 Å². The smallest absolute Gasteiger partial charge is 0.264 e. The molecule has 30 heavy (non-hydrogen) atoms. The number of benzene rings is 3. The average molecular weight is 447 g/mol. The molecule has 0 unspecified atom stereocenters. The fourth-order valence-electron chi connectivity index (χ4n) is 2.85. The number of sulfonamides is 1. The molecule has 0 atom stereocenters. The van der Waals surface area contributed by atoms with Gasteiger partial charge in [-0.05, 0) is 74.0 Å². The molecule has 3 aromatic rings. The van der Waals surface area contributed by atoms with Crippen LogP contribution in [0.5, 0.6) is 0 Å². The number of hydrogen-bond donors (Lipinski definition) is 1. The Balaban J connectivity index is 1.94. The number of nitrogens with one attached hydrogen (secondary N) is 1. The minimum atomic E-state index is -4.10. The topological polar surface area (TPSA) is 66.5 Å². The van der Waals surface area contributed by atoms with E-state index in [-0.39, 0.29) is 4.90 Å². The second-order valence-corrected chi connectivity index (χ2v) is 9.11. The lowest BCUT2D eigenvalue weighted by Crippen LogP contribution is -2.38. The Bertz CT molecular complexity index is 1160. The van der Waals surface area contributed by atoms with Crippen molar-refractivity contribution in [1.82, 2.24) is 0 Å². The number of halogens is 2. The molecule has 0 fully saturated rings. The summed E-state index contributed by atoms with van der Waals surface area (Å²) in [7, 11) is -4.10. The largest absolute Gasteiger partial charge is 0.324 e. The van der Waals surface area contributed by atoms with Crippen LogP contribution in [0.1, 0.15) is 11.1 Å². The molecule has 0 saturated heterocycles. The standard InChI is InChI=1S/C22H20ClFN2O3S/c1-15-3-8-19(9-4-15)26(30(28,29)20-10-6-18(24)7-11-20)14-22(27)25-21-12-5-17(23)13-16(21)2/h3-13H,14H2,1-2H3,(H,25,27). The normalized spacial score (nSPS) is 11.2. The van der Waals surface area contributed by atoms with Gasteiger partial charge in [-0.3, -0.25) is 9.10 Å². The van der Waals surface area contributed by atoms with Gasteiger partial charge in [0.25, 0.3) is 10.0 Å². The van der Waals surface area contributed by atoms with Crippen molar-refractivity contribution in [3.63, 3.8) is 0 Å². The predicted octanol–water partition coefficient (Wildman–Crippen LogP) is 4.93. The number of amides is 1. The zero-order valence-corrected chi connectivity index (χ0v) is 18.0. The van der Waals surface area contributed by atoms with E-state index in [1.54, 1.807) is 49.4 Å². The Morgan fingerprint density at radius 2 is 1.63 bits per heavy atom. The van der Waals surface area contributed by atoms with Gasteiger partial charge < -0.3 is 5.32 Å². The van der Waals surface area contributed by atoms with Gasteiger partial charge in [0, 0.05) is 10.7 Å². The van der Waals surface area contributed by atoms with Crippen molar-refractivity contribution in [2.24, 2.45) is 0 Å². The molecule has 0 bridgehead atoms. The first-order chi connectivity index (χ1) is 14.2. The van der Waals surface area contributed by atoms with E-state index in [9.17, 15) is 17.6 Å². The Kier molecular flexibility index (Phi) is 6.43. The number of aryl methyl sites for hydroxylation is 2. The molecule has 0 aliphatic carbocycles. The fourth-order valence-corrected chi connectivity index (χ4v) is 4.50. The van der Waals surface area contributed by atoms with Crippen molar-refractivity contribution < 1.29 is 17.6 Å². The van der Waals surface area contributed by atoms with Gasteiger partial charge in [-0.1, -0.05) is 29.3 Å². The van der Waals surface area contributed by atoms with Crippen LogP contribution in [0.3, 0.4) is 0 Å². The number of carbonyl (C=O) groups is 1. The summed E-state index contributed by atoms with van der Waals surface area (Å²) >= 11 is 5.94. The second kappa shape index (κ2) is 8.85. The fraction of sp³-hybridized carbons (Fsp3) is 0.136. The minimum Gasteiger partial charge on any atom is -0.324 e. The van der Waals surface area contributed by atoms with Gasteiger partial charge in [0.1, 0.15) is 12.4 Å². The number of hydrogen-bond acceptors (Lipinski definition) is 3. The molecule has 0 aliphatic rings. The molecule has 3 aromatic carbocycles. The summed E-state index contributed by atoms with van der Waals surface area (Å²) in [6, 6.07) is 16.2. The highest BCUT2D eigenvalue weighted by Gasteiger charge is 2.27. The number of nitrogens with zero attached hydrogens (tertiary/aromatic N) is 1. The maximum atomic E-state index is 13.3. The summed E-state index contributed by atoms with van der Waals surface area (Å²) in [6.45, 7) is 3.21. The average Bonchev–Trinajstić information content (AvgIpc) is 2.69. The van der Waals surface area contributed by atoms with E-state index in [0.717, 1.165) is 27.6 Å². The van der Waals surface area contributed by atoms with Crippen molar-refractivity contribution in [3.8, 4) is 0 Å².